The van der Waals surface area contributed by atoms with E-state index in [2.05, 4.69) is 20.8 Å². The van der Waals surface area contributed by atoms with Crippen LogP contribution in [-0.2, 0) is 0 Å². The predicted octanol–water partition coefficient (Wildman–Crippen LogP) is 3.24. The van der Waals surface area contributed by atoms with E-state index in [4.69, 9.17) is 32.7 Å². The Kier molecular flexibility index (Phi) is 5.24. The van der Waals surface area contributed by atoms with E-state index in [9.17, 15) is 4.79 Å². The number of aromatic nitrogens is 4. The van der Waals surface area contributed by atoms with E-state index in [0.29, 0.717) is 27.9 Å². The maximum Gasteiger partial charge on any atom is 0.259 e. The van der Waals surface area contributed by atoms with Gasteiger partial charge in [0.15, 0.2) is 0 Å². The standard InChI is InChI=1S/C16H13Cl2N5O3/c1-25-9-3-4-13(11(17)5-9)20-16(24)10-6-12(18)14(7-15(10)26-2)23-8-19-21-22-23/h3-8H,1-2H3,(H,20,24). The molecule has 8 nitrogen and oxygen atoms in total. The van der Waals surface area contributed by atoms with Gasteiger partial charge in [-0.2, -0.15) is 4.68 Å². The zero-order chi connectivity index (χ0) is 18.7. The molecule has 0 aliphatic rings. The molecule has 3 aromatic rings. The first-order valence-electron chi connectivity index (χ1n) is 7.29. The second-order valence-electron chi connectivity index (χ2n) is 5.06. The number of nitrogens with one attached hydrogen (secondary N) is 1. The fourth-order valence-electron chi connectivity index (χ4n) is 2.25. The molecule has 0 aliphatic heterocycles. The van der Waals surface area contributed by atoms with Crippen molar-refractivity contribution in [1.29, 1.82) is 0 Å². The highest BCUT2D eigenvalue weighted by Crippen LogP contribution is 2.31. The van der Waals surface area contributed by atoms with E-state index in [0.717, 1.165) is 0 Å². The number of hydrogen-bond acceptors (Lipinski definition) is 6. The van der Waals surface area contributed by atoms with Crippen LogP contribution in [0.2, 0.25) is 10.0 Å². The lowest BCUT2D eigenvalue weighted by atomic mass is 10.1. The molecule has 0 aliphatic carbocycles. The number of amides is 1. The van der Waals surface area contributed by atoms with E-state index < -0.39 is 5.91 Å². The maximum absolute atomic E-state index is 12.7. The van der Waals surface area contributed by atoms with Crippen molar-refractivity contribution in [3.63, 3.8) is 0 Å². The SMILES string of the molecule is COc1ccc(NC(=O)c2cc(Cl)c(-n3cnnn3)cc2OC)c(Cl)c1. The summed E-state index contributed by atoms with van der Waals surface area (Å²) in [7, 11) is 2.98. The number of benzene rings is 2. The fraction of sp³-hybridized carbons (Fsp3) is 0.125. The van der Waals surface area contributed by atoms with E-state index in [1.165, 1.54) is 31.3 Å². The van der Waals surface area contributed by atoms with E-state index in [-0.39, 0.29) is 10.6 Å². The first kappa shape index (κ1) is 18.0. The van der Waals surface area contributed by atoms with Crippen LogP contribution in [0.3, 0.4) is 0 Å². The van der Waals surface area contributed by atoms with Gasteiger partial charge in [0.05, 0.1) is 41.2 Å². The van der Waals surface area contributed by atoms with Crippen LogP contribution in [0.4, 0.5) is 5.69 Å². The Morgan fingerprint density at radius 3 is 2.54 bits per heavy atom. The normalized spacial score (nSPS) is 10.5. The van der Waals surface area contributed by atoms with Crippen molar-refractivity contribution >= 4 is 34.8 Å². The van der Waals surface area contributed by atoms with Crippen molar-refractivity contribution in [1.82, 2.24) is 20.2 Å². The molecule has 1 N–H and O–H groups in total. The summed E-state index contributed by atoms with van der Waals surface area (Å²) < 4.78 is 11.8. The highest BCUT2D eigenvalue weighted by molar-refractivity contribution is 6.34. The number of rotatable bonds is 5. The Hall–Kier alpha value is -2.84. The summed E-state index contributed by atoms with van der Waals surface area (Å²) in [6.45, 7) is 0. The van der Waals surface area contributed by atoms with Gasteiger partial charge in [0.1, 0.15) is 17.8 Å². The third-order valence-corrected chi connectivity index (χ3v) is 4.15. The van der Waals surface area contributed by atoms with Crippen LogP contribution in [-0.4, -0.2) is 40.3 Å². The number of hydrogen-bond donors (Lipinski definition) is 1. The monoisotopic (exact) mass is 393 g/mol. The maximum atomic E-state index is 12.7. The van der Waals surface area contributed by atoms with Crippen molar-refractivity contribution in [2.24, 2.45) is 0 Å². The number of carbonyl (C=O) groups excluding carboxylic acids is 1. The van der Waals surface area contributed by atoms with Crippen LogP contribution in [0.5, 0.6) is 11.5 Å². The Morgan fingerprint density at radius 1 is 1.12 bits per heavy atom. The molecule has 3 rings (SSSR count). The third-order valence-electron chi connectivity index (χ3n) is 3.53. The van der Waals surface area contributed by atoms with Crippen molar-refractivity contribution in [2.75, 3.05) is 19.5 Å². The molecule has 1 amide bonds. The topological polar surface area (TPSA) is 91.2 Å². The first-order chi connectivity index (χ1) is 12.5. The predicted molar refractivity (Wildman–Crippen MR) is 96.7 cm³/mol. The highest BCUT2D eigenvalue weighted by Gasteiger charge is 2.18. The molecule has 2 aromatic carbocycles. The minimum absolute atomic E-state index is 0.237. The largest absolute Gasteiger partial charge is 0.497 e. The van der Waals surface area contributed by atoms with Gasteiger partial charge in [0, 0.05) is 12.1 Å². The molecule has 0 atom stereocenters. The summed E-state index contributed by atoms with van der Waals surface area (Å²) in [6.07, 6.45) is 1.39. The van der Waals surface area contributed by atoms with Gasteiger partial charge in [-0.15, -0.1) is 5.10 Å². The second-order valence-corrected chi connectivity index (χ2v) is 5.87. The molecule has 0 spiro atoms. The van der Waals surface area contributed by atoms with Gasteiger partial charge in [0.2, 0.25) is 0 Å². The van der Waals surface area contributed by atoms with E-state index in [1.807, 2.05) is 0 Å². The van der Waals surface area contributed by atoms with Crippen molar-refractivity contribution in [2.45, 2.75) is 0 Å². The number of nitrogens with zero attached hydrogens (tertiary/aromatic N) is 4. The minimum Gasteiger partial charge on any atom is -0.497 e. The van der Waals surface area contributed by atoms with Gasteiger partial charge < -0.3 is 14.8 Å². The summed E-state index contributed by atoms with van der Waals surface area (Å²) in [5.74, 6) is 0.459. The molecule has 0 fully saturated rings. The molecule has 0 radical (unpaired) electrons. The number of anilines is 1. The van der Waals surface area contributed by atoms with Crippen LogP contribution in [0.25, 0.3) is 5.69 Å². The summed E-state index contributed by atoms with van der Waals surface area (Å²) in [5, 5.41) is 14.2. The van der Waals surface area contributed by atoms with Gasteiger partial charge in [-0.3, -0.25) is 4.79 Å². The Morgan fingerprint density at radius 2 is 1.92 bits per heavy atom. The van der Waals surface area contributed by atoms with Crippen LogP contribution in [0.1, 0.15) is 10.4 Å². The van der Waals surface area contributed by atoms with Crippen LogP contribution in [0, 0.1) is 0 Å². The van der Waals surface area contributed by atoms with Crippen LogP contribution < -0.4 is 14.8 Å². The summed E-state index contributed by atoms with van der Waals surface area (Å²) in [6, 6.07) is 7.98. The second kappa shape index (κ2) is 7.59. The van der Waals surface area contributed by atoms with Gasteiger partial charge in [-0.1, -0.05) is 23.2 Å². The first-order valence-corrected chi connectivity index (χ1v) is 8.05. The lowest BCUT2D eigenvalue weighted by Crippen LogP contribution is -2.14. The average Bonchev–Trinajstić information content (AvgIpc) is 3.17. The molecule has 26 heavy (non-hydrogen) atoms. The molecule has 1 aromatic heterocycles. The summed E-state index contributed by atoms with van der Waals surface area (Å²) in [4.78, 5) is 12.7. The van der Waals surface area contributed by atoms with Crippen molar-refractivity contribution in [3.8, 4) is 17.2 Å². The smallest absolute Gasteiger partial charge is 0.259 e. The average molecular weight is 394 g/mol. The lowest BCUT2D eigenvalue weighted by molar-refractivity contribution is 0.102. The molecule has 0 saturated heterocycles. The zero-order valence-electron chi connectivity index (χ0n) is 13.7. The molecule has 0 saturated carbocycles. The molecule has 0 bridgehead atoms. The molecule has 0 unspecified atom stereocenters. The van der Waals surface area contributed by atoms with Gasteiger partial charge in [-0.25, -0.2) is 0 Å². The van der Waals surface area contributed by atoms with E-state index in [1.54, 1.807) is 24.3 Å². The summed E-state index contributed by atoms with van der Waals surface area (Å²) >= 11 is 12.4. The highest BCUT2D eigenvalue weighted by atomic mass is 35.5. The van der Waals surface area contributed by atoms with Gasteiger partial charge in [-0.05, 0) is 28.6 Å². The number of carbonyl (C=O) groups is 1. The minimum atomic E-state index is -0.431. The molecule has 134 valence electrons. The third kappa shape index (κ3) is 3.56. The lowest BCUT2D eigenvalue weighted by Gasteiger charge is -2.13. The van der Waals surface area contributed by atoms with Crippen molar-refractivity contribution < 1.29 is 14.3 Å². The number of tetrazole rings is 1. The zero-order valence-corrected chi connectivity index (χ0v) is 15.2. The number of halogens is 2. The summed E-state index contributed by atoms with van der Waals surface area (Å²) in [5.41, 5.74) is 1.15. The molecule has 1 heterocycles. The number of methoxy groups -OCH3 is 2. The van der Waals surface area contributed by atoms with E-state index >= 15 is 0 Å². The Bertz CT molecular complexity index is 947. The van der Waals surface area contributed by atoms with Crippen LogP contribution >= 0.6 is 23.2 Å². The Balaban J connectivity index is 1.93. The molecular formula is C16H13Cl2N5O3. The Labute approximate surface area is 158 Å². The fourth-order valence-corrected chi connectivity index (χ4v) is 2.72. The molecule has 10 heteroatoms. The van der Waals surface area contributed by atoms with Crippen LogP contribution in [0.15, 0.2) is 36.7 Å². The quantitative estimate of drug-likeness (QED) is 0.715. The number of ether oxygens (including phenoxy) is 2. The van der Waals surface area contributed by atoms with Gasteiger partial charge >= 0.3 is 0 Å². The molecular weight excluding hydrogens is 381 g/mol. The van der Waals surface area contributed by atoms with Gasteiger partial charge in [0.25, 0.3) is 5.91 Å². The van der Waals surface area contributed by atoms with Crippen molar-refractivity contribution in [3.05, 3.63) is 52.3 Å².